The monoisotopic (exact) mass is 1280 g/mol. The first-order valence-corrected chi connectivity index (χ1v) is 34.1. The summed E-state index contributed by atoms with van der Waals surface area (Å²) in [5.41, 5.74) is 29.9. The van der Waals surface area contributed by atoms with Crippen LogP contribution in [0.2, 0.25) is 0 Å². The number of hydrogen-bond acceptors (Lipinski definition) is 6. The SMILES string of the molecule is [2H]c1cc([2H])cc(N2c3cc(-c4ccccc4)ccc3B3c4cc5c(cc4N(c4cc([2H])cc([2H])c4)c4cc(C)cc2c43)N(c2cc([2H])cc([2H])c2)c2cc3c4c6c2B5c2ccc(-c5ccccc5)c5c2N6c2c(ccc(-c6ccccc6)c2O5)B4c2ccc(-c4ccccc4)cc2N3c2cc([2H])cc([2H])c2)c1. The van der Waals surface area contributed by atoms with E-state index in [1.54, 1.807) is 24.3 Å². The zero-order valence-corrected chi connectivity index (χ0v) is 54.0. The largest absolute Gasteiger partial charge is 0.452 e. The molecule has 0 bridgehead atoms. The van der Waals surface area contributed by atoms with E-state index in [0.717, 1.165) is 168 Å². The zero-order chi connectivity index (χ0) is 72.4. The lowest BCUT2D eigenvalue weighted by Crippen LogP contribution is -2.69. The molecule has 15 aromatic rings. The molecule has 6 nitrogen and oxygen atoms in total. The molecule has 0 unspecified atom stereocenters. The number of ether oxygens (including phenoxy) is 1. The van der Waals surface area contributed by atoms with Gasteiger partial charge < -0.3 is 29.2 Å². The molecule has 0 aromatic heterocycles. The second-order valence-electron chi connectivity index (χ2n) is 26.9. The molecule has 0 spiro atoms. The van der Waals surface area contributed by atoms with Crippen LogP contribution >= 0.6 is 0 Å². The molecule has 100 heavy (non-hydrogen) atoms. The number of anilines is 15. The van der Waals surface area contributed by atoms with Gasteiger partial charge in [-0.15, -0.1) is 0 Å². The number of fused-ring (bicyclic) bond motifs is 10. The predicted octanol–water partition coefficient (Wildman–Crippen LogP) is 17.5. The summed E-state index contributed by atoms with van der Waals surface area (Å²) >= 11 is 0. The Hall–Kier alpha value is -12.7. The molecule has 0 amide bonds. The molecule has 15 aromatic carbocycles. The predicted molar refractivity (Wildman–Crippen MR) is 420 cm³/mol. The highest BCUT2D eigenvalue weighted by molar-refractivity contribution is 7.06. The number of rotatable bonds is 8. The van der Waals surface area contributed by atoms with Crippen LogP contribution in [0.1, 0.15) is 16.5 Å². The summed E-state index contributed by atoms with van der Waals surface area (Å²) in [5, 5.41) is 0. The van der Waals surface area contributed by atoms with E-state index in [1.807, 2.05) is 72.8 Å². The Morgan fingerprint density at radius 3 is 0.980 bits per heavy atom. The van der Waals surface area contributed by atoms with Crippen LogP contribution in [0, 0.1) is 6.92 Å². The first kappa shape index (κ1) is 48.1. The van der Waals surface area contributed by atoms with Crippen LogP contribution in [0.5, 0.6) is 11.5 Å². The minimum atomic E-state index is -0.545. The molecular weight excluding hydrogens is 1210 g/mol. The molecule has 7 heterocycles. The molecule has 0 N–H and O–H groups in total. The van der Waals surface area contributed by atoms with E-state index >= 15 is 0 Å². The van der Waals surface area contributed by atoms with Gasteiger partial charge in [-0.25, -0.2) is 0 Å². The van der Waals surface area contributed by atoms with Crippen LogP contribution in [-0.4, -0.2) is 20.1 Å². The third-order valence-corrected chi connectivity index (χ3v) is 21.6. The van der Waals surface area contributed by atoms with Crippen LogP contribution in [0.25, 0.3) is 44.5 Å². The van der Waals surface area contributed by atoms with E-state index in [0.29, 0.717) is 28.5 Å². The van der Waals surface area contributed by atoms with Crippen LogP contribution in [0.3, 0.4) is 0 Å². The quantitative estimate of drug-likeness (QED) is 0.141. The van der Waals surface area contributed by atoms with Gasteiger partial charge in [0.05, 0.1) is 22.3 Å². The molecule has 0 radical (unpaired) electrons. The molecule has 0 fully saturated rings. The summed E-state index contributed by atoms with van der Waals surface area (Å²) in [4.78, 5) is 11.5. The number of aryl methyl sites for hydroxylation is 1. The Balaban J connectivity index is 0.907. The fourth-order valence-electron chi connectivity index (χ4n) is 17.7. The Kier molecular flexibility index (Phi) is 10.2. The van der Waals surface area contributed by atoms with Crippen molar-refractivity contribution in [2.24, 2.45) is 0 Å². The number of benzene rings is 15. The van der Waals surface area contributed by atoms with Crippen LogP contribution in [-0.2, 0) is 0 Å². The lowest BCUT2D eigenvalue weighted by Gasteiger charge is -2.53. The molecule has 0 atom stereocenters. The standard InChI is InChI=1S/C91H58B3N5O/c1-57-50-80-84-81(51-57)97(66-38-22-8-23-39-66)78-55-79-75(54-74(78)93(84)71-47-43-63(59-28-12-3-13-29-59)53-77(71)95(80)64-34-18-6-19-35-64)94-73-49-45-69(61-32-16-5-17-33-61)91-88(73)99-87-72(48-44-68(90(87)100-91)60-30-14-4-15-31-60)92-70-46-42-62(58-26-10-2-11-27-58)52-76(70)96(65-36-20-7-21-37-65)82-56-83(86(94)89(99)85(82)92)98(79)67-40-24-9-25-41-67/h2-56H,1H3/i18D,19D,20D,21D,22D,23D,24D,25D. The topological polar surface area (TPSA) is 25.4 Å². The van der Waals surface area contributed by atoms with Gasteiger partial charge >= 0.3 is 0 Å². The van der Waals surface area contributed by atoms with Gasteiger partial charge in [0, 0.05) is 85.1 Å². The Labute approximate surface area is 593 Å². The molecule has 0 aliphatic carbocycles. The van der Waals surface area contributed by atoms with Crippen molar-refractivity contribution in [2.75, 3.05) is 24.5 Å². The van der Waals surface area contributed by atoms with E-state index in [1.165, 1.54) is 0 Å². The minimum Gasteiger partial charge on any atom is -0.452 e. The van der Waals surface area contributed by atoms with Crippen molar-refractivity contribution < 1.29 is 15.7 Å². The van der Waals surface area contributed by atoms with E-state index in [9.17, 15) is 8.22 Å². The average molecular weight is 1280 g/mol. The molecule has 0 saturated carbocycles. The zero-order valence-electron chi connectivity index (χ0n) is 62.0. The second kappa shape index (κ2) is 21.1. The van der Waals surface area contributed by atoms with E-state index in [2.05, 4.69) is 219 Å². The highest BCUT2D eigenvalue weighted by Gasteiger charge is 2.56. The Bertz CT molecular complexity index is 6410. The van der Waals surface area contributed by atoms with Gasteiger partial charge in [0.25, 0.3) is 20.1 Å². The molecule has 462 valence electrons. The number of hydrogen-bond donors (Lipinski definition) is 0. The van der Waals surface area contributed by atoms with Crippen LogP contribution in [0.15, 0.2) is 333 Å². The van der Waals surface area contributed by atoms with E-state index < -0.39 is 20.1 Å². The van der Waals surface area contributed by atoms with E-state index in [-0.39, 0.29) is 48.3 Å². The van der Waals surface area contributed by atoms with Gasteiger partial charge in [-0.1, -0.05) is 249 Å². The molecule has 9 heteroatoms. The lowest BCUT2D eigenvalue weighted by atomic mass is 9.27. The summed E-state index contributed by atoms with van der Waals surface area (Å²) < 4.78 is 83.2. The fourth-order valence-corrected chi connectivity index (χ4v) is 17.7. The summed E-state index contributed by atoms with van der Waals surface area (Å²) in [6.45, 7) is 0.674. The highest BCUT2D eigenvalue weighted by atomic mass is 16.5. The van der Waals surface area contributed by atoms with Gasteiger partial charge in [-0.05, 0) is 180 Å². The smallest absolute Gasteiger partial charge is 0.252 e. The number of nitrogens with zero attached hydrogens (tertiary/aromatic N) is 5. The van der Waals surface area contributed by atoms with Gasteiger partial charge in [-0.2, -0.15) is 0 Å². The normalized spacial score (nSPS) is 14.9. The van der Waals surface area contributed by atoms with Gasteiger partial charge in [0.2, 0.25) is 0 Å². The maximum atomic E-state index is 9.63. The van der Waals surface area contributed by atoms with Crippen molar-refractivity contribution in [1.82, 2.24) is 0 Å². The number of para-hydroxylation sites is 4. The first-order chi connectivity index (χ1) is 52.7. The van der Waals surface area contributed by atoms with Crippen molar-refractivity contribution in [2.45, 2.75) is 6.92 Å². The van der Waals surface area contributed by atoms with Crippen LogP contribution in [0.4, 0.5) is 85.3 Å². The summed E-state index contributed by atoms with van der Waals surface area (Å²) in [6.07, 6.45) is 0. The van der Waals surface area contributed by atoms with Crippen molar-refractivity contribution in [3.63, 3.8) is 0 Å². The molecule has 7 aliphatic rings. The van der Waals surface area contributed by atoms with Crippen molar-refractivity contribution in [1.29, 1.82) is 0 Å². The third-order valence-electron chi connectivity index (χ3n) is 21.6. The maximum absolute atomic E-state index is 9.63. The maximum Gasteiger partial charge on any atom is 0.252 e. The molecule has 22 rings (SSSR count). The molecule has 0 saturated heterocycles. The van der Waals surface area contributed by atoms with Crippen LogP contribution < -0.4 is 78.4 Å². The summed E-state index contributed by atoms with van der Waals surface area (Å²) in [5.74, 6) is 1.43. The lowest BCUT2D eigenvalue weighted by molar-refractivity contribution is 0.481. The highest BCUT2D eigenvalue weighted by Crippen LogP contribution is 2.60. The average Bonchev–Trinajstić information content (AvgIpc) is 0.656. The second-order valence-corrected chi connectivity index (χ2v) is 26.9. The molecular formula is C91H58B3N5O. The van der Waals surface area contributed by atoms with Crippen molar-refractivity contribution in [3.05, 3.63) is 339 Å². The Morgan fingerprint density at radius 2 is 0.580 bits per heavy atom. The fraction of sp³-hybridized carbons (Fsp3) is 0.0110. The van der Waals surface area contributed by atoms with Gasteiger partial charge in [0.15, 0.2) is 11.5 Å². The third kappa shape index (κ3) is 7.77. The summed E-state index contributed by atoms with van der Waals surface area (Å²) in [6, 6.07) is 98.3. The molecule has 7 aliphatic heterocycles. The Morgan fingerprint density at radius 1 is 0.250 bits per heavy atom. The van der Waals surface area contributed by atoms with Gasteiger partial charge in [0.1, 0.15) is 0 Å². The first-order valence-electron chi connectivity index (χ1n) is 38.1. The minimum absolute atomic E-state index is 0.163. The summed E-state index contributed by atoms with van der Waals surface area (Å²) in [7, 11) is 0. The van der Waals surface area contributed by atoms with Gasteiger partial charge in [-0.3, -0.25) is 0 Å². The van der Waals surface area contributed by atoms with E-state index in [4.69, 9.17) is 7.48 Å². The van der Waals surface area contributed by atoms with Crippen molar-refractivity contribution >= 4 is 155 Å². The van der Waals surface area contributed by atoms with Crippen molar-refractivity contribution in [3.8, 4) is 56.0 Å².